The molecule has 2 aromatic carbocycles. The molecule has 0 aliphatic rings. The van der Waals surface area contributed by atoms with Crippen LogP contribution in [0.15, 0.2) is 46.9 Å². The van der Waals surface area contributed by atoms with E-state index in [9.17, 15) is 0 Å². The van der Waals surface area contributed by atoms with Gasteiger partial charge >= 0.3 is 0 Å². The Labute approximate surface area is 132 Å². The number of nitrogens with one attached hydrogen (secondary N) is 1. The maximum Gasteiger partial charge on any atom is 0.0453 e. The summed E-state index contributed by atoms with van der Waals surface area (Å²) < 4.78 is 1.08. The maximum absolute atomic E-state index is 6.23. The Kier molecular flexibility index (Phi) is 5.28. The molecule has 2 rings (SSSR count). The molecule has 1 atom stereocenters. The summed E-state index contributed by atoms with van der Waals surface area (Å²) in [4.78, 5) is 0. The number of rotatable bonds is 4. The van der Waals surface area contributed by atoms with E-state index in [1.54, 1.807) is 6.07 Å². The van der Waals surface area contributed by atoms with Crippen LogP contribution in [0.4, 0.5) is 0 Å². The zero-order valence-corrected chi connectivity index (χ0v) is 13.6. The highest BCUT2D eigenvalue weighted by molar-refractivity contribution is 9.10. The van der Waals surface area contributed by atoms with Crippen LogP contribution >= 0.6 is 39.1 Å². The van der Waals surface area contributed by atoms with E-state index in [0.29, 0.717) is 10.0 Å². The molecule has 0 amide bonds. The van der Waals surface area contributed by atoms with Gasteiger partial charge in [-0.25, -0.2) is 0 Å². The lowest BCUT2D eigenvalue weighted by molar-refractivity contribution is 0.592. The highest BCUT2D eigenvalue weighted by Gasteiger charge is 2.12. The van der Waals surface area contributed by atoms with Gasteiger partial charge in [0.25, 0.3) is 0 Å². The van der Waals surface area contributed by atoms with Crippen LogP contribution in [-0.2, 0) is 6.42 Å². The van der Waals surface area contributed by atoms with Gasteiger partial charge in [-0.2, -0.15) is 0 Å². The van der Waals surface area contributed by atoms with E-state index >= 15 is 0 Å². The third kappa shape index (κ3) is 3.96. The van der Waals surface area contributed by atoms with Crippen LogP contribution in [0.2, 0.25) is 10.0 Å². The van der Waals surface area contributed by atoms with E-state index in [1.165, 1.54) is 5.56 Å². The lowest BCUT2D eigenvalue weighted by Gasteiger charge is -2.18. The molecule has 1 nitrogen and oxygen atoms in total. The number of halogens is 3. The van der Waals surface area contributed by atoms with Gasteiger partial charge in [-0.1, -0.05) is 57.3 Å². The number of hydrogen-bond donors (Lipinski definition) is 1. The molecule has 19 heavy (non-hydrogen) atoms. The van der Waals surface area contributed by atoms with Gasteiger partial charge in [-0.15, -0.1) is 0 Å². The average molecular weight is 359 g/mol. The summed E-state index contributed by atoms with van der Waals surface area (Å²) in [5, 5.41) is 4.70. The van der Waals surface area contributed by atoms with Crippen molar-refractivity contribution >= 4 is 39.1 Å². The lowest BCUT2D eigenvalue weighted by atomic mass is 9.99. The standard InChI is InChI=1S/C15H14BrCl2N/c1-19-15(11-3-2-4-12(16)7-11)8-10-5-6-13(17)9-14(10)18/h2-7,9,15,19H,8H2,1H3. The Bertz CT molecular complexity index is 572. The molecule has 4 heteroatoms. The van der Waals surface area contributed by atoms with Crippen LogP contribution < -0.4 is 5.32 Å². The molecule has 0 saturated carbocycles. The average Bonchev–Trinajstić information content (AvgIpc) is 2.38. The molecule has 0 saturated heterocycles. The summed E-state index contributed by atoms with van der Waals surface area (Å²) in [5.74, 6) is 0. The smallest absolute Gasteiger partial charge is 0.0453 e. The van der Waals surface area contributed by atoms with Crippen molar-refractivity contribution < 1.29 is 0 Å². The zero-order chi connectivity index (χ0) is 13.8. The highest BCUT2D eigenvalue weighted by atomic mass is 79.9. The Morgan fingerprint density at radius 1 is 1.16 bits per heavy atom. The minimum Gasteiger partial charge on any atom is -0.313 e. The largest absolute Gasteiger partial charge is 0.313 e. The molecule has 0 aromatic heterocycles. The molecule has 0 fully saturated rings. The molecule has 0 radical (unpaired) electrons. The van der Waals surface area contributed by atoms with Crippen molar-refractivity contribution in [1.82, 2.24) is 5.32 Å². The van der Waals surface area contributed by atoms with Crippen LogP contribution in [0.5, 0.6) is 0 Å². The van der Waals surface area contributed by atoms with Gasteiger partial charge in [0.1, 0.15) is 0 Å². The second kappa shape index (κ2) is 6.76. The first-order valence-corrected chi connectivity index (χ1v) is 7.51. The Morgan fingerprint density at radius 2 is 1.95 bits per heavy atom. The van der Waals surface area contributed by atoms with Gasteiger partial charge in [0.15, 0.2) is 0 Å². The first-order chi connectivity index (χ1) is 9.10. The van der Waals surface area contributed by atoms with Gasteiger partial charge in [-0.3, -0.25) is 0 Å². The van der Waals surface area contributed by atoms with Crippen molar-refractivity contribution in [3.05, 3.63) is 68.1 Å². The van der Waals surface area contributed by atoms with Gasteiger partial charge in [0, 0.05) is 20.6 Å². The number of hydrogen-bond acceptors (Lipinski definition) is 1. The van der Waals surface area contributed by atoms with Crippen LogP contribution in [0.25, 0.3) is 0 Å². The Hall–Kier alpha value is -0.540. The predicted molar refractivity (Wildman–Crippen MR) is 86.1 cm³/mol. The SMILES string of the molecule is CNC(Cc1ccc(Cl)cc1Cl)c1cccc(Br)c1. The molecule has 1 N–H and O–H groups in total. The molecule has 0 bridgehead atoms. The molecule has 0 aliphatic carbocycles. The lowest BCUT2D eigenvalue weighted by Crippen LogP contribution is -2.19. The summed E-state index contributed by atoms with van der Waals surface area (Å²) in [6.07, 6.45) is 0.822. The molecule has 2 aromatic rings. The minimum atomic E-state index is 0.219. The summed E-state index contributed by atoms with van der Waals surface area (Å²) in [5.41, 5.74) is 2.31. The highest BCUT2D eigenvalue weighted by Crippen LogP contribution is 2.27. The first-order valence-electron chi connectivity index (χ1n) is 5.97. The van der Waals surface area contributed by atoms with Crippen molar-refractivity contribution in [2.24, 2.45) is 0 Å². The fourth-order valence-corrected chi connectivity index (χ4v) is 2.92. The third-order valence-corrected chi connectivity index (χ3v) is 4.12. The molecule has 0 spiro atoms. The van der Waals surface area contributed by atoms with Gasteiger partial charge in [-0.05, 0) is 48.9 Å². The second-order valence-electron chi connectivity index (χ2n) is 4.34. The summed E-state index contributed by atoms with van der Waals surface area (Å²) in [6.45, 7) is 0. The van der Waals surface area contributed by atoms with Crippen LogP contribution in [0.3, 0.4) is 0 Å². The van der Waals surface area contributed by atoms with Gasteiger partial charge < -0.3 is 5.32 Å². The molecule has 100 valence electrons. The molecule has 0 heterocycles. The van der Waals surface area contributed by atoms with E-state index < -0.39 is 0 Å². The Morgan fingerprint density at radius 3 is 2.58 bits per heavy atom. The van der Waals surface area contributed by atoms with E-state index in [4.69, 9.17) is 23.2 Å². The van der Waals surface area contributed by atoms with Crippen molar-refractivity contribution in [2.45, 2.75) is 12.5 Å². The van der Waals surface area contributed by atoms with Crippen molar-refractivity contribution in [2.75, 3.05) is 7.05 Å². The first kappa shape index (κ1) is 14.9. The van der Waals surface area contributed by atoms with Crippen molar-refractivity contribution in [3.8, 4) is 0 Å². The molecule has 1 unspecified atom stereocenters. The van der Waals surface area contributed by atoms with E-state index in [1.807, 2.05) is 31.3 Å². The summed E-state index contributed by atoms with van der Waals surface area (Å²) in [7, 11) is 1.95. The van der Waals surface area contributed by atoms with Crippen molar-refractivity contribution in [1.29, 1.82) is 0 Å². The fraction of sp³-hybridized carbons (Fsp3) is 0.200. The number of benzene rings is 2. The van der Waals surface area contributed by atoms with E-state index in [2.05, 4.69) is 33.4 Å². The quantitative estimate of drug-likeness (QED) is 0.786. The van der Waals surface area contributed by atoms with Gasteiger partial charge in [0.05, 0.1) is 0 Å². The number of likely N-dealkylation sites (N-methyl/N-ethyl adjacent to an activating group) is 1. The van der Waals surface area contributed by atoms with Crippen molar-refractivity contribution in [3.63, 3.8) is 0 Å². The van der Waals surface area contributed by atoms with E-state index in [0.717, 1.165) is 16.5 Å². The summed E-state index contributed by atoms with van der Waals surface area (Å²) in [6, 6.07) is 14.1. The normalized spacial score (nSPS) is 12.4. The van der Waals surface area contributed by atoms with Crippen LogP contribution in [0.1, 0.15) is 17.2 Å². The predicted octanol–water partition coefficient (Wildman–Crippen LogP) is 5.26. The van der Waals surface area contributed by atoms with E-state index in [-0.39, 0.29) is 6.04 Å². The fourth-order valence-electron chi connectivity index (χ4n) is 2.02. The molecular weight excluding hydrogens is 345 g/mol. The molecule has 0 aliphatic heterocycles. The Balaban J connectivity index is 2.24. The zero-order valence-electron chi connectivity index (χ0n) is 10.5. The molecular formula is C15H14BrCl2N. The monoisotopic (exact) mass is 357 g/mol. The second-order valence-corrected chi connectivity index (χ2v) is 6.10. The van der Waals surface area contributed by atoms with Crippen LogP contribution in [-0.4, -0.2) is 7.05 Å². The third-order valence-electron chi connectivity index (χ3n) is 3.04. The van der Waals surface area contributed by atoms with Gasteiger partial charge in [0.2, 0.25) is 0 Å². The summed E-state index contributed by atoms with van der Waals surface area (Å²) >= 11 is 15.6. The topological polar surface area (TPSA) is 12.0 Å². The maximum atomic E-state index is 6.23. The van der Waals surface area contributed by atoms with Crippen LogP contribution in [0, 0.1) is 0 Å². The minimum absolute atomic E-state index is 0.219.